The third kappa shape index (κ3) is 1.86. The van der Waals surface area contributed by atoms with Gasteiger partial charge in [0.15, 0.2) is 0 Å². The Hall–Kier alpha value is -0.730. The molecule has 1 aromatic heterocycles. The summed E-state index contributed by atoms with van der Waals surface area (Å²) in [6.07, 6.45) is 0. The number of aromatic nitrogens is 1. The lowest BCUT2D eigenvalue weighted by atomic mass is 10.1. The van der Waals surface area contributed by atoms with Crippen LogP contribution in [-0.4, -0.2) is 4.98 Å². The van der Waals surface area contributed by atoms with Crippen LogP contribution in [-0.2, 0) is 0 Å². The van der Waals surface area contributed by atoms with Crippen LogP contribution in [0, 0.1) is 6.92 Å². The standard InChI is InChI=1S/C11H9BrClN/c1-7-6-10(12)14-11(7)8-2-4-9(13)5-3-8/h2-6,14H,1H3. The van der Waals surface area contributed by atoms with Crippen molar-refractivity contribution >= 4 is 27.5 Å². The van der Waals surface area contributed by atoms with Crippen molar-refractivity contribution in [3.05, 3.63) is 45.5 Å². The van der Waals surface area contributed by atoms with Crippen molar-refractivity contribution in [2.75, 3.05) is 0 Å². The van der Waals surface area contributed by atoms with Crippen molar-refractivity contribution in [3.8, 4) is 11.3 Å². The number of nitrogens with one attached hydrogen (secondary N) is 1. The molecule has 0 unspecified atom stereocenters. The van der Waals surface area contributed by atoms with Crippen LogP contribution < -0.4 is 0 Å². The first kappa shape index (κ1) is 9.81. The molecule has 1 N–H and O–H groups in total. The summed E-state index contributed by atoms with van der Waals surface area (Å²) in [5, 5.41) is 0.761. The molecule has 0 aliphatic carbocycles. The van der Waals surface area contributed by atoms with E-state index in [-0.39, 0.29) is 0 Å². The van der Waals surface area contributed by atoms with Gasteiger partial charge in [0.2, 0.25) is 0 Å². The van der Waals surface area contributed by atoms with Gasteiger partial charge in [-0.2, -0.15) is 0 Å². The monoisotopic (exact) mass is 269 g/mol. The number of aryl methyl sites for hydroxylation is 1. The van der Waals surface area contributed by atoms with E-state index in [1.54, 1.807) is 0 Å². The zero-order chi connectivity index (χ0) is 10.1. The summed E-state index contributed by atoms with van der Waals surface area (Å²) in [5.41, 5.74) is 3.50. The van der Waals surface area contributed by atoms with E-state index < -0.39 is 0 Å². The summed E-state index contributed by atoms with van der Waals surface area (Å²) in [4.78, 5) is 3.25. The fraction of sp³-hybridized carbons (Fsp3) is 0.0909. The molecule has 2 rings (SSSR count). The quantitative estimate of drug-likeness (QED) is 0.790. The Morgan fingerprint density at radius 2 is 1.86 bits per heavy atom. The third-order valence-corrected chi connectivity index (χ3v) is 2.79. The van der Waals surface area contributed by atoms with Crippen molar-refractivity contribution in [1.82, 2.24) is 4.98 Å². The van der Waals surface area contributed by atoms with E-state index in [1.165, 1.54) is 5.56 Å². The number of halogens is 2. The molecule has 2 aromatic rings. The van der Waals surface area contributed by atoms with Gasteiger partial charge in [-0.15, -0.1) is 0 Å². The van der Waals surface area contributed by atoms with Gasteiger partial charge in [0, 0.05) is 10.7 Å². The largest absolute Gasteiger partial charge is 0.349 e. The molecule has 0 saturated heterocycles. The summed E-state index contributed by atoms with van der Waals surface area (Å²) in [6.45, 7) is 2.07. The maximum Gasteiger partial charge on any atom is 0.0827 e. The third-order valence-electron chi connectivity index (χ3n) is 2.11. The molecule has 1 nitrogen and oxygen atoms in total. The van der Waals surface area contributed by atoms with Crippen molar-refractivity contribution in [2.45, 2.75) is 6.92 Å². The molecule has 0 aliphatic rings. The van der Waals surface area contributed by atoms with E-state index in [2.05, 4.69) is 33.9 Å². The Balaban J connectivity index is 2.49. The molecule has 0 saturated carbocycles. The van der Waals surface area contributed by atoms with Crippen molar-refractivity contribution in [2.24, 2.45) is 0 Å². The van der Waals surface area contributed by atoms with Gasteiger partial charge >= 0.3 is 0 Å². The molecule has 3 heteroatoms. The Morgan fingerprint density at radius 1 is 1.21 bits per heavy atom. The van der Waals surface area contributed by atoms with Crippen molar-refractivity contribution in [1.29, 1.82) is 0 Å². The van der Waals surface area contributed by atoms with Gasteiger partial charge in [-0.1, -0.05) is 23.7 Å². The van der Waals surface area contributed by atoms with Gasteiger partial charge in [0.25, 0.3) is 0 Å². The molecule has 1 heterocycles. The van der Waals surface area contributed by atoms with Crippen LogP contribution in [0.4, 0.5) is 0 Å². The van der Waals surface area contributed by atoms with Crippen LogP contribution in [0.1, 0.15) is 5.56 Å². The summed E-state index contributed by atoms with van der Waals surface area (Å²) < 4.78 is 1.000. The summed E-state index contributed by atoms with van der Waals surface area (Å²) in [6, 6.07) is 9.86. The van der Waals surface area contributed by atoms with Crippen molar-refractivity contribution < 1.29 is 0 Å². The van der Waals surface area contributed by atoms with Gasteiger partial charge in [-0.3, -0.25) is 0 Å². The van der Waals surface area contributed by atoms with E-state index in [0.29, 0.717) is 0 Å². The number of rotatable bonds is 1. The number of H-pyrrole nitrogens is 1. The Kier molecular flexibility index (Phi) is 2.66. The molecule has 0 atom stereocenters. The van der Waals surface area contributed by atoms with Crippen LogP contribution in [0.25, 0.3) is 11.3 Å². The fourth-order valence-electron chi connectivity index (χ4n) is 1.43. The summed E-state index contributed by atoms with van der Waals surface area (Å²) in [7, 11) is 0. The molecule has 72 valence electrons. The molecular weight excluding hydrogens is 261 g/mol. The number of hydrogen-bond acceptors (Lipinski definition) is 0. The van der Waals surface area contributed by atoms with Crippen LogP contribution in [0.3, 0.4) is 0 Å². The molecule has 0 spiro atoms. The maximum atomic E-state index is 5.82. The van der Waals surface area contributed by atoms with Crippen molar-refractivity contribution in [3.63, 3.8) is 0 Å². The zero-order valence-electron chi connectivity index (χ0n) is 7.64. The van der Waals surface area contributed by atoms with Gasteiger partial charge in [-0.25, -0.2) is 0 Å². The molecule has 0 radical (unpaired) electrons. The van der Waals surface area contributed by atoms with Crippen LogP contribution in [0.5, 0.6) is 0 Å². The lowest BCUT2D eigenvalue weighted by Gasteiger charge is -2.00. The minimum atomic E-state index is 0.761. The van der Waals surface area contributed by atoms with E-state index in [9.17, 15) is 0 Å². The predicted molar refractivity (Wildman–Crippen MR) is 63.7 cm³/mol. The second-order valence-corrected chi connectivity index (χ2v) is 4.47. The van der Waals surface area contributed by atoms with E-state index in [4.69, 9.17) is 11.6 Å². The van der Waals surface area contributed by atoms with Gasteiger partial charge in [0.1, 0.15) is 0 Å². The minimum Gasteiger partial charge on any atom is -0.349 e. The molecular formula is C11H9BrClN. The first-order valence-corrected chi connectivity index (χ1v) is 5.45. The molecule has 14 heavy (non-hydrogen) atoms. The number of hydrogen-bond donors (Lipinski definition) is 1. The van der Waals surface area contributed by atoms with E-state index >= 15 is 0 Å². The number of aromatic amines is 1. The highest BCUT2D eigenvalue weighted by Crippen LogP contribution is 2.26. The Bertz CT molecular complexity index is 445. The van der Waals surface area contributed by atoms with Crippen LogP contribution in [0.15, 0.2) is 34.9 Å². The zero-order valence-corrected chi connectivity index (χ0v) is 9.98. The van der Waals surface area contributed by atoms with E-state index in [0.717, 1.165) is 20.9 Å². The average molecular weight is 271 g/mol. The maximum absolute atomic E-state index is 5.82. The summed E-state index contributed by atoms with van der Waals surface area (Å²) in [5.74, 6) is 0. The number of benzene rings is 1. The normalized spacial score (nSPS) is 10.5. The second-order valence-electron chi connectivity index (χ2n) is 3.18. The molecule has 0 aliphatic heterocycles. The SMILES string of the molecule is Cc1cc(Br)[nH]c1-c1ccc(Cl)cc1. The highest BCUT2D eigenvalue weighted by Gasteiger charge is 2.04. The summed E-state index contributed by atoms with van der Waals surface area (Å²) >= 11 is 9.24. The van der Waals surface area contributed by atoms with Gasteiger partial charge in [0.05, 0.1) is 4.60 Å². The highest BCUT2D eigenvalue weighted by atomic mass is 79.9. The predicted octanol–water partition coefficient (Wildman–Crippen LogP) is 4.41. The first-order chi connectivity index (χ1) is 6.66. The smallest absolute Gasteiger partial charge is 0.0827 e. The minimum absolute atomic E-state index is 0.761. The van der Waals surface area contributed by atoms with Gasteiger partial charge < -0.3 is 4.98 Å². The lowest BCUT2D eigenvalue weighted by Crippen LogP contribution is -1.79. The molecule has 0 fully saturated rings. The Labute approximate surface area is 96.2 Å². The molecule has 0 amide bonds. The fourth-order valence-corrected chi connectivity index (χ4v) is 2.10. The highest BCUT2D eigenvalue weighted by molar-refractivity contribution is 9.10. The topological polar surface area (TPSA) is 15.8 Å². The average Bonchev–Trinajstić information content (AvgIpc) is 2.47. The lowest BCUT2D eigenvalue weighted by molar-refractivity contribution is 1.34. The second kappa shape index (κ2) is 3.79. The van der Waals surface area contributed by atoms with E-state index in [1.807, 2.05) is 24.3 Å². The van der Waals surface area contributed by atoms with Gasteiger partial charge in [-0.05, 0) is 52.2 Å². The van der Waals surface area contributed by atoms with Crippen LogP contribution >= 0.6 is 27.5 Å². The molecule has 1 aromatic carbocycles. The first-order valence-electron chi connectivity index (χ1n) is 4.28. The Morgan fingerprint density at radius 3 is 2.36 bits per heavy atom. The molecule has 0 bridgehead atoms. The van der Waals surface area contributed by atoms with Crippen LogP contribution in [0.2, 0.25) is 5.02 Å².